The van der Waals surface area contributed by atoms with Gasteiger partial charge in [0.25, 0.3) is 0 Å². The summed E-state index contributed by atoms with van der Waals surface area (Å²) in [5.74, 6) is 0. The number of benzene rings is 1. The Kier molecular flexibility index (Phi) is 2.92. The molecule has 0 aliphatic rings. The molecule has 14 heavy (non-hydrogen) atoms. The van der Waals surface area contributed by atoms with Gasteiger partial charge in [0.05, 0.1) is 17.1 Å². The minimum atomic E-state index is 0.671. The molecular weight excluding hydrogens is 174 g/mol. The van der Waals surface area contributed by atoms with E-state index in [1.54, 1.807) is 6.08 Å². The van der Waals surface area contributed by atoms with Crippen LogP contribution in [0.2, 0.25) is 0 Å². The van der Waals surface area contributed by atoms with Crippen molar-refractivity contribution in [3.63, 3.8) is 0 Å². The monoisotopic (exact) mass is 189 g/mol. The second kappa shape index (κ2) is 3.96. The first-order valence-corrected chi connectivity index (χ1v) is 4.35. The van der Waals surface area contributed by atoms with E-state index in [0.717, 1.165) is 22.5 Å². The first-order valence-electron chi connectivity index (χ1n) is 4.35. The van der Waals surface area contributed by atoms with Gasteiger partial charge >= 0.3 is 0 Å². The van der Waals surface area contributed by atoms with E-state index < -0.39 is 0 Å². The number of aliphatic imine (C=N–C) groups is 1. The molecule has 3 N–H and O–H groups in total. The molecule has 0 fully saturated rings. The van der Waals surface area contributed by atoms with Crippen molar-refractivity contribution in [2.45, 2.75) is 6.92 Å². The minimum Gasteiger partial charge on any atom is -0.396 e. The first-order chi connectivity index (χ1) is 6.65. The van der Waals surface area contributed by atoms with E-state index in [1.807, 2.05) is 20.0 Å². The van der Waals surface area contributed by atoms with Gasteiger partial charge in [0.15, 0.2) is 0 Å². The summed E-state index contributed by atoms with van der Waals surface area (Å²) in [6.07, 6.45) is 1.69. The van der Waals surface area contributed by atoms with Gasteiger partial charge in [-0.1, -0.05) is 12.7 Å². The number of rotatable bonds is 3. The van der Waals surface area contributed by atoms with E-state index >= 15 is 0 Å². The molecule has 3 heteroatoms. The highest BCUT2D eigenvalue weighted by Crippen LogP contribution is 2.34. The van der Waals surface area contributed by atoms with Crippen LogP contribution in [0.4, 0.5) is 17.1 Å². The van der Waals surface area contributed by atoms with Crippen LogP contribution in [0.3, 0.4) is 0 Å². The lowest BCUT2D eigenvalue weighted by atomic mass is 10.0. The molecule has 1 aromatic rings. The lowest BCUT2D eigenvalue weighted by Crippen LogP contribution is -2.00. The van der Waals surface area contributed by atoms with Gasteiger partial charge in [-0.2, -0.15) is 0 Å². The van der Waals surface area contributed by atoms with E-state index in [-0.39, 0.29) is 0 Å². The van der Waals surface area contributed by atoms with Crippen LogP contribution in [-0.2, 0) is 0 Å². The molecule has 0 atom stereocenters. The number of anilines is 2. The highest BCUT2D eigenvalue weighted by atomic mass is 14.9. The van der Waals surface area contributed by atoms with E-state index in [1.165, 1.54) is 0 Å². The summed E-state index contributed by atoms with van der Waals surface area (Å²) in [5.41, 5.74) is 10.2. The fraction of sp³-hybridized carbons (Fsp3) is 0.182. The van der Waals surface area contributed by atoms with Gasteiger partial charge in [-0.15, -0.1) is 0 Å². The molecule has 0 radical (unpaired) electrons. The van der Waals surface area contributed by atoms with Crippen LogP contribution in [0.25, 0.3) is 6.08 Å². The van der Waals surface area contributed by atoms with Crippen LogP contribution in [-0.4, -0.2) is 13.8 Å². The van der Waals surface area contributed by atoms with Crippen LogP contribution in [0.1, 0.15) is 11.1 Å². The second-order valence-electron chi connectivity index (χ2n) is 3.03. The van der Waals surface area contributed by atoms with Crippen LogP contribution in [0.15, 0.2) is 17.6 Å². The van der Waals surface area contributed by atoms with Crippen LogP contribution < -0.4 is 11.1 Å². The quantitative estimate of drug-likeness (QED) is 0.567. The molecule has 0 aromatic heterocycles. The Hall–Kier alpha value is -1.77. The van der Waals surface area contributed by atoms with E-state index in [0.29, 0.717) is 5.69 Å². The van der Waals surface area contributed by atoms with Crippen molar-refractivity contribution >= 4 is 29.9 Å². The maximum Gasteiger partial charge on any atom is 0.0719 e. The number of aryl methyl sites for hydroxylation is 1. The molecule has 0 amide bonds. The third-order valence-corrected chi connectivity index (χ3v) is 2.21. The zero-order valence-electron chi connectivity index (χ0n) is 8.59. The van der Waals surface area contributed by atoms with E-state index in [9.17, 15) is 0 Å². The van der Waals surface area contributed by atoms with E-state index in [2.05, 4.69) is 23.6 Å². The molecule has 1 rings (SSSR count). The van der Waals surface area contributed by atoms with Gasteiger partial charge in [-0.05, 0) is 25.3 Å². The maximum atomic E-state index is 5.96. The number of hydrogen-bond donors (Lipinski definition) is 2. The lowest BCUT2D eigenvalue weighted by molar-refractivity contribution is 1.38. The summed E-state index contributed by atoms with van der Waals surface area (Å²) in [6.45, 7) is 9.19. The fourth-order valence-electron chi connectivity index (χ4n) is 1.52. The standard InChI is InChI=1S/C11H15N3/c1-5-8-9(13-3)6-7(2)11(14-4)10(8)12/h5-6,14H,1,3,12H2,2,4H3. The second-order valence-corrected chi connectivity index (χ2v) is 3.03. The number of nitrogens with zero attached hydrogens (tertiary/aromatic N) is 1. The smallest absolute Gasteiger partial charge is 0.0719 e. The van der Waals surface area contributed by atoms with Gasteiger partial charge in [-0.3, -0.25) is 4.99 Å². The molecule has 1 aromatic carbocycles. The molecule has 0 saturated carbocycles. The molecule has 0 unspecified atom stereocenters. The third kappa shape index (κ3) is 1.48. The summed E-state index contributed by atoms with van der Waals surface area (Å²) in [6, 6.07) is 1.94. The van der Waals surface area contributed by atoms with Gasteiger partial charge in [0.2, 0.25) is 0 Å². The predicted molar refractivity (Wildman–Crippen MR) is 64.4 cm³/mol. The number of nitrogen functional groups attached to an aromatic ring is 1. The molecule has 74 valence electrons. The Morgan fingerprint density at radius 3 is 2.64 bits per heavy atom. The van der Waals surface area contributed by atoms with Crippen LogP contribution in [0.5, 0.6) is 0 Å². The average molecular weight is 189 g/mol. The van der Waals surface area contributed by atoms with Gasteiger partial charge in [0.1, 0.15) is 0 Å². The number of nitrogens with two attached hydrogens (primary N) is 1. The Balaban J connectivity index is 3.54. The van der Waals surface area contributed by atoms with Crippen LogP contribution >= 0.6 is 0 Å². The molecule has 0 heterocycles. The van der Waals surface area contributed by atoms with Crippen molar-refractivity contribution in [1.82, 2.24) is 0 Å². The summed E-state index contributed by atoms with van der Waals surface area (Å²) in [5, 5.41) is 3.05. The largest absolute Gasteiger partial charge is 0.396 e. The Morgan fingerprint density at radius 2 is 2.21 bits per heavy atom. The van der Waals surface area contributed by atoms with Crippen molar-refractivity contribution < 1.29 is 0 Å². The van der Waals surface area contributed by atoms with Crippen molar-refractivity contribution in [3.8, 4) is 0 Å². The molecule has 0 aliphatic carbocycles. The zero-order valence-corrected chi connectivity index (χ0v) is 8.59. The molecule has 3 nitrogen and oxygen atoms in total. The summed E-state index contributed by atoms with van der Waals surface area (Å²) < 4.78 is 0. The fourth-order valence-corrected chi connectivity index (χ4v) is 1.52. The summed E-state index contributed by atoms with van der Waals surface area (Å²) in [4.78, 5) is 3.91. The molecule has 0 spiro atoms. The van der Waals surface area contributed by atoms with Gasteiger partial charge in [-0.25, -0.2) is 0 Å². The highest BCUT2D eigenvalue weighted by Gasteiger charge is 2.09. The SMILES string of the molecule is C=Cc1c(N=C)cc(C)c(NC)c1N. The minimum absolute atomic E-state index is 0.671. The van der Waals surface area contributed by atoms with Crippen molar-refractivity contribution in [3.05, 3.63) is 23.8 Å². The maximum absolute atomic E-state index is 5.96. The summed E-state index contributed by atoms with van der Waals surface area (Å²) in [7, 11) is 1.84. The molecule has 0 saturated heterocycles. The van der Waals surface area contributed by atoms with Crippen molar-refractivity contribution in [2.24, 2.45) is 4.99 Å². The van der Waals surface area contributed by atoms with Gasteiger partial charge < -0.3 is 11.1 Å². The number of nitrogens with one attached hydrogen (secondary N) is 1. The molecule has 0 bridgehead atoms. The lowest BCUT2D eigenvalue weighted by Gasteiger charge is -2.13. The van der Waals surface area contributed by atoms with Crippen molar-refractivity contribution in [2.75, 3.05) is 18.1 Å². The van der Waals surface area contributed by atoms with Crippen molar-refractivity contribution in [1.29, 1.82) is 0 Å². The van der Waals surface area contributed by atoms with E-state index in [4.69, 9.17) is 5.73 Å². The predicted octanol–water partition coefficient (Wildman–Crippen LogP) is 2.59. The normalized spacial score (nSPS) is 9.57. The average Bonchev–Trinajstić information content (AvgIpc) is 2.17. The third-order valence-electron chi connectivity index (χ3n) is 2.21. The Morgan fingerprint density at radius 1 is 1.57 bits per heavy atom. The Bertz CT molecular complexity index is 381. The van der Waals surface area contributed by atoms with Gasteiger partial charge in [0, 0.05) is 12.6 Å². The zero-order chi connectivity index (χ0) is 10.7. The molecule has 0 aliphatic heterocycles. The topological polar surface area (TPSA) is 50.4 Å². The highest BCUT2D eigenvalue weighted by molar-refractivity contribution is 5.86. The number of hydrogen-bond acceptors (Lipinski definition) is 3. The summed E-state index contributed by atoms with van der Waals surface area (Å²) >= 11 is 0. The molecular formula is C11H15N3. The first kappa shape index (κ1) is 10.3. The van der Waals surface area contributed by atoms with Crippen LogP contribution in [0, 0.1) is 6.92 Å². The Labute approximate surface area is 84.4 Å².